The number of rotatable bonds is 2. The predicted molar refractivity (Wildman–Crippen MR) is 146 cm³/mol. The van der Waals surface area contributed by atoms with Gasteiger partial charge in [0.1, 0.15) is 0 Å². The molecule has 5 rings (SSSR count). The number of aromatic nitrogens is 2. The van der Waals surface area contributed by atoms with Crippen LogP contribution in [0.15, 0.2) is 73.1 Å². The molecule has 211 valence electrons. The van der Waals surface area contributed by atoms with Gasteiger partial charge in [0.25, 0.3) is 0 Å². The molecule has 1 aliphatic rings. The minimum atomic E-state index is -6.09. The second-order valence-electron chi connectivity index (χ2n) is 8.75. The zero-order valence-corrected chi connectivity index (χ0v) is 25.5. The summed E-state index contributed by atoms with van der Waals surface area (Å²) in [6.07, 6.45) is 16.8. The maximum Gasteiger partial charge on any atom is 0.485 e. The van der Waals surface area contributed by atoms with Crippen LogP contribution in [0.3, 0.4) is 0 Å². The minimum absolute atomic E-state index is 0. The van der Waals surface area contributed by atoms with E-state index in [-0.39, 0.29) is 20.1 Å². The Balaban J connectivity index is 0.000000261. The zero-order valence-electron chi connectivity index (χ0n) is 21.3. The standard InChI is InChI=1S/C19H15N2Si.C8H14.CHF3O3S.Ir/c1-22(16-10-2-6-14-8-4-12-20-18(14)16)17-11-3-7-15-9-5-13-21-19(15)17;1-2-4-6-8-7-5-3-1;2-1(3,4)8(5,6)7;/h2-13H,1H3;1-2H,3-8H2;(H,5,6,7);/q-1;;;/p-1. The van der Waals surface area contributed by atoms with Crippen molar-refractivity contribution in [2.75, 3.05) is 0 Å². The molecule has 2 aromatic heterocycles. The van der Waals surface area contributed by atoms with Gasteiger partial charge in [0.2, 0.25) is 0 Å². The maximum atomic E-state index is 10.7. The molecule has 3 radical (unpaired) electrons. The van der Waals surface area contributed by atoms with Crippen molar-refractivity contribution < 1.29 is 46.2 Å². The van der Waals surface area contributed by atoms with Crippen molar-refractivity contribution in [1.82, 2.24) is 9.97 Å². The van der Waals surface area contributed by atoms with Gasteiger partial charge in [-0.3, -0.25) is 9.97 Å². The first-order valence-electron chi connectivity index (χ1n) is 12.3. The average molecular weight is 751 g/mol. The molecule has 0 bridgehead atoms. The summed E-state index contributed by atoms with van der Waals surface area (Å²) < 4.78 is 58.9. The Morgan fingerprint density at radius 2 is 1.13 bits per heavy atom. The summed E-state index contributed by atoms with van der Waals surface area (Å²) in [5.74, 6) is 0. The molecular formula is C28H29F3IrN2O3SSi-2. The zero-order chi connectivity index (χ0) is 27.6. The quantitative estimate of drug-likeness (QED) is 0.147. The first-order valence-corrected chi connectivity index (χ1v) is 15.7. The fourth-order valence-corrected chi connectivity index (χ4v) is 6.18. The van der Waals surface area contributed by atoms with Crippen LogP contribution < -0.4 is 10.4 Å². The van der Waals surface area contributed by atoms with Gasteiger partial charge >= 0.3 is 5.51 Å². The molecule has 0 spiro atoms. The predicted octanol–water partition coefficient (Wildman–Crippen LogP) is 5.82. The fourth-order valence-electron chi connectivity index (χ4n) is 4.07. The van der Waals surface area contributed by atoms with Gasteiger partial charge in [-0.2, -0.15) is 30.1 Å². The molecule has 0 N–H and O–H groups in total. The number of fused-ring (bicyclic) bond motifs is 2. The second-order valence-corrected chi connectivity index (χ2v) is 12.4. The Labute approximate surface area is 243 Å². The Kier molecular flexibility index (Phi) is 13.2. The first kappa shape index (κ1) is 33.0. The van der Waals surface area contributed by atoms with Crippen LogP contribution in [0.25, 0.3) is 21.8 Å². The van der Waals surface area contributed by atoms with Crippen molar-refractivity contribution in [3.63, 3.8) is 0 Å². The number of hydrogen-bond donors (Lipinski definition) is 0. The summed E-state index contributed by atoms with van der Waals surface area (Å²) in [4.78, 5) is 9.23. The summed E-state index contributed by atoms with van der Waals surface area (Å²) in [5, 5.41) is 5.11. The van der Waals surface area contributed by atoms with Crippen LogP contribution in [0.4, 0.5) is 13.2 Å². The number of pyridine rings is 2. The molecule has 0 unspecified atom stereocenters. The van der Waals surface area contributed by atoms with E-state index in [1.54, 1.807) is 0 Å². The van der Waals surface area contributed by atoms with Crippen LogP contribution >= 0.6 is 0 Å². The third kappa shape index (κ3) is 9.75. The molecular weight excluding hydrogens is 722 g/mol. The normalized spacial score (nSPS) is 14.0. The monoisotopic (exact) mass is 751 g/mol. The van der Waals surface area contributed by atoms with Gasteiger partial charge in [-0.15, -0.1) is 0 Å². The summed E-state index contributed by atoms with van der Waals surface area (Å²) in [5.41, 5.74) is -3.41. The fraction of sp³-hybridized carbons (Fsp3) is 0.286. The third-order valence-electron chi connectivity index (χ3n) is 6.02. The number of para-hydroxylation sites is 2. The van der Waals surface area contributed by atoms with Crippen LogP contribution in [0.5, 0.6) is 0 Å². The Morgan fingerprint density at radius 3 is 1.51 bits per heavy atom. The Bertz CT molecular complexity index is 1320. The van der Waals surface area contributed by atoms with E-state index in [2.05, 4.69) is 77.9 Å². The SMILES string of the molecule is C[Si-](c1cccc2cccnc12)c1cccc2cccnc12.O=S(=O)([O-])C(F)(F)F.[CH]1[CH]CCCCCC1.[Ir]. The number of alkyl halides is 3. The molecule has 4 aromatic rings. The average Bonchev–Trinajstić information content (AvgIpc) is 2.87. The van der Waals surface area contributed by atoms with Crippen LogP contribution in [0, 0.1) is 12.8 Å². The molecule has 39 heavy (non-hydrogen) atoms. The largest absolute Gasteiger partial charge is 0.741 e. The van der Waals surface area contributed by atoms with E-state index in [0.29, 0.717) is 0 Å². The third-order valence-corrected chi connectivity index (χ3v) is 9.01. The number of benzene rings is 2. The molecule has 1 fully saturated rings. The van der Waals surface area contributed by atoms with E-state index in [0.717, 1.165) is 11.0 Å². The number of hydrogen-bond acceptors (Lipinski definition) is 5. The summed E-state index contributed by atoms with van der Waals surface area (Å²) in [6, 6.07) is 21.2. The van der Waals surface area contributed by atoms with Crippen molar-refractivity contribution in [2.24, 2.45) is 0 Å². The van der Waals surface area contributed by atoms with E-state index < -0.39 is 24.4 Å². The van der Waals surface area contributed by atoms with Crippen molar-refractivity contribution in [1.29, 1.82) is 0 Å². The van der Waals surface area contributed by atoms with Crippen molar-refractivity contribution in [3.8, 4) is 0 Å². The van der Waals surface area contributed by atoms with Crippen molar-refractivity contribution in [2.45, 2.75) is 50.6 Å². The topological polar surface area (TPSA) is 83.0 Å². The van der Waals surface area contributed by atoms with Crippen molar-refractivity contribution in [3.05, 3.63) is 85.9 Å². The maximum absolute atomic E-state index is 10.7. The van der Waals surface area contributed by atoms with E-state index in [1.807, 2.05) is 24.5 Å². The van der Waals surface area contributed by atoms with Crippen LogP contribution in [0.2, 0.25) is 6.55 Å². The molecule has 11 heteroatoms. The van der Waals surface area contributed by atoms with Crippen molar-refractivity contribution >= 4 is 51.1 Å². The molecule has 0 aliphatic heterocycles. The smallest absolute Gasteiger partial charge is 0.485 e. The van der Waals surface area contributed by atoms with Crippen LogP contribution in [0.1, 0.15) is 38.5 Å². The minimum Gasteiger partial charge on any atom is -0.741 e. The molecule has 2 aromatic carbocycles. The Morgan fingerprint density at radius 1 is 0.744 bits per heavy atom. The molecule has 0 atom stereocenters. The summed E-state index contributed by atoms with van der Waals surface area (Å²) in [7, 11) is -7.01. The molecule has 0 amide bonds. The number of halogens is 3. The van der Waals surface area contributed by atoms with Gasteiger partial charge in [-0.05, 0) is 48.6 Å². The van der Waals surface area contributed by atoms with Gasteiger partial charge in [0.15, 0.2) is 10.1 Å². The first-order chi connectivity index (χ1) is 18.1. The summed E-state index contributed by atoms with van der Waals surface area (Å²) in [6.45, 7) is 2.33. The second kappa shape index (κ2) is 15.6. The van der Waals surface area contributed by atoms with E-state index in [1.165, 1.54) is 59.7 Å². The van der Waals surface area contributed by atoms with Gasteiger partial charge in [0, 0.05) is 43.5 Å². The van der Waals surface area contributed by atoms with Crippen LogP contribution in [-0.2, 0) is 30.2 Å². The van der Waals surface area contributed by atoms with Gasteiger partial charge in [0.05, 0.1) is 0 Å². The van der Waals surface area contributed by atoms with E-state index in [4.69, 9.17) is 13.0 Å². The van der Waals surface area contributed by atoms with Gasteiger partial charge < -0.3 is 4.55 Å². The van der Waals surface area contributed by atoms with Crippen LogP contribution in [-0.4, -0.2) is 37.2 Å². The van der Waals surface area contributed by atoms with E-state index in [9.17, 15) is 13.2 Å². The van der Waals surface area contributed by atoms with Gasteiger partial charge in [-0.25, -0.2) is 17.2 Å². The number of nitrogens with zero attached hydrogens (tertiary/aromatic N) is 2. The molecule has 2 heterocycles. The van der Waals surface area contributed by atoms with Gasteiger partial charge in [-0.1, -0.05) is 74.2 Å². The molecule has 5 nitrogen and oxygen atoms in total. The molecule has 1 aliphatic carbocycles. The molecule has 1 saturated carbocycles. The Hall–Kier alpha value is -2.17. The van der Waals surface area contributed by atoms with E-state index >= 15 is 0 Å². The summed E-state index contributed by atoms with van der Waals surface area (Å²) >= 11 is 0. The molecule has 0 saturated heterocycles.